The van der Waals surface area contributed by atoms with Gasteiger partial charge in [0.2, 0.25) is 0 Å². The Bertz CT molecular complexity index is 1120. The van der Waals surface area contributed by atoms with Crippen LogP contribution in [0.3, 0.4) is 0 Å². The highest BCUT2D eigenvalue weighted by atomic mass is 35.5. The summed E-state index contributed by atoms with van der Waals surface area (Å²) in [6.45, 7) is 5.92. The molecule has 2 aliphatic rings. The Hall–Kier alpha value is -2.19. The molecule has 164 valence electrons. The molecule has 0 radical (unpaired) electrons. The molecule has 0 amide bonds. The molecule has 4 heterocycles. The molecule has 0 saturated carbocycles. The highest BCUT2D eigenvalue weighted by molar-refractivity contribution is 6.37. The normalized spacial score (nSPS) is 21.8. The fourth-order valence-corrected chi connectivity index (χ4v) is 5.39. The summed E-state index contributed by atoms with van der Waals surface area (Å²) >= 11 is 6.55. The summed E-state index contributed by atoms with van der Waals surface area (Å²) in [5.41, 5.74) is 4.20. The summed E-state index contributed by atoms with van der Waals surface area (Å²) in [7, 11) is 3.39. The first-order valence-corrected chi connectivity index (χ1v) is 11.2. The van der Waals surface area contributed by atoms with E-state index in [-0.39, 0.29) is 11.8 Å². The van der Waals surface area contributed by atoms with Crippen LogP contribution in [0.25, 0.3) is 22.2 Å². The average molecular weight is 442 g/mol. The van der Waals surface area contributed by atoms with E-state index >= 15 is 0 Å². The predicted octanol–water partition coefficient (Wildman–Crippen LogP) is 3.65. The van der Waals surface area contributed by atoms with Gasteiger partial charge in [-0.15, -0.1) is 0 Å². The third-order valence-electron chi connectivity index (χ3n) is 6.72. The number of nitrogens with one attached hydrogen (secondary N) is 1. The van der Waals surface area contributed by atoms with Gasteiger partial charge in [0.1, 0.15) is 5.75 Å². The van der Waals surface area contributed by atoms with Gasteiger partial charge in [-0.1, -0.05) is 18.5 Å². The maximum absolute atomic E-state index is 6.55. The van der Waals surface area contributed by atoms with Gasteiger partial charge in [-0.25, -0.2) is 0 Å². The number of ether oxygens (including phenoxy) is 2. The van der Waals surface area contributed by atoms with Gasteiger partial charge in [0.25, 0.3) is 0 Å². The van der Waals surface area contributed by atoms with Gasteiger partial charge < -0.3 is 9.47 Å². The molecule has 1 aromatic carbocycles. The largest absolute Gasteiger partial charge is 0.495 e. The summed E-state index contributed by atoms with van der Waals surface area (Å²) in [5, 5.41) is 9.80. The lowest BCUT2D eigenvalue weighted by Gasteiger charge is -2.29. The minimum atomic E-state index is -0.0392. The van der Waals surface area contributed by atoms with Crippen molar-refractivity contribution in [1.82, 2.24) is 25.0 Å². The zero-order chi connectivity index (χ0) is 21.6. The van der Waals surface area contributed by atoms with Crippen molar-refractivity contribution in [2.45, 2.75) is 38.1 Å². The van der Waals surface area contributed by atoms with E-state index < -0.39 is 0 Å². The highest BCUT2D eigenvalue weighted by Gasteiger charge is 2.47. The van der Waals surface area contributed by atoms with Crippen molar-refractivity contribution in [2.24, 2.45) is 0 Å². The van der Waals surface area contributed by atoms with E-state index in [1.54, 1.807) is 14.2 Å². The maximum Gasteiger partial charge on any atom is 0.165 e. The average Bonchev–Trinajstić information content (AvgIpc) is 3.49. The molecule has 1 saturated heterocycles. The first-order valence-electron chi connectivity index (χ1n) is 10.8. The Morgan fingerprint density at radius 1 is 1.23 bits per heavy atom. The Balaban J connectivity index is 1.47. The van der Waals surface area contributed by atoms with E-state index in [1.165, 1.54) is 5.69 Å². The molecule has 31 heavy (non-hydrogen) atoms. The molecule has 2 atom stereocenters. The number of benzene rings is 1. The van der Waals surface area contributed by atoms with Crippen LogP contribution in [0.4, 0.5) is 0 Å². The van der Waals surface area contributed by atoms with Gasteiger partial charge in [-0.2, -0.15) is 5.10 Å². The minimum Gasteiger partial charge on any atom is -0.495 e. The van der Waals surface area contributed by atoms with Gasteiger partial charge >= 0.3 is 0 Å². The molecule has 3 aromatic rings. The van der Waals surface area contributed by atoms with E-state index in [4.69, 9.17) is 26.2 Å². The Kier molecular flexibility index (Phi) is 5.38. The van der Waals surface area contributed by atoms with Crippen molar-refractivity contribution in [2.75, 3.05) is 33.9 Å². The van der Waals surface area contributed by atoms with E-state index in [1.807, 2.05) is 18.3 Å². The summed E-state index contributed by atoms with van der Waals surface area (Å²) in [6, 6.07) is 8.07. The van der Waals surface area contributed by atoms with Gasteiger partial charge in [-0.3, -0.25) is 19.9 Å². The third-order valence-corrected chi connectivity index (χ3v) is 7.11. The lowest BCUT2D eigenvalue weighted by molar-refractivity contribution is -0.0448. The predicted molar refractivity (Wildman–Crippen MR) is 121 cm³/mol. The lowest BCUT2D eigenvalue weighted by Crippen LogP contribution is -2.46. The van der Waals surface area contributed by atoms with Crippen molar-refractivity contribution in [3.05, 3.63) is 41.2 Å². The van der Waals surface area contributed by atoms with Gasteiger partial charge in [0, 0.05) is 55.0 Å². The number of aromatic nitrogens is 3. The molecule has 7 nitrogen and oxygen atoms in total. The van der Waals surface area contributed by atoms with Crippen molar-refractivity contribution in [1.29, 1.82) is 0 Å². The molecule has 1 fully saturated rings. The van der Waals surface area contributed by atoms with Crippen molar-refractivity contribution < 1.29 is 9.47 Å². The summed E-state index contributed by atoms with van der Waals surface area (Å²) in [4.78, 5) is 7.01. The molecular weight excluding hydrogens is 414 g/mol. The van der Waals surface area contributed by atoms with E-state index in [2.05, 4.69) is 38.9 Å². The van der Waals surface area contributed by atoms with Crippen molar-refractivity contribution in [3.8, 4) is 17.0 Å². The standard InChI is InChI=1S/C23H28ClN5O2/c1-4-25-22(31-3)28-9-7-23(14-28)8-10-29-20(23)12-18(27-29)15-11-16-17(26-13-15)5-6-19(30-2)21(16)24/h5-6,11-13,22,25H,4,7-10,14H2,1-3H3. The molecule has 0 aliphatic carbocycles. The number of hydrogen-bond donors (Lipinski definition) is 1. The number of hydrogen-bond acceptors (Lipinski definition) is 6. The fraction of sp³-hybridized carbons (Fsp3) is 0.478. The van der Waals surface area contributed by atoms with Crippen LogP contribution in [0, 0.1) is 0 Å². The minimum absolute atomic E-state index is 0.0392. The summed E-state index contributed by atoms with van der Waals surface area (Å²) in [5.74, 6) is 0.652. The topological polar surface area (TPSA) is 64.4 Å². The van der Waals surface area contributed by atoms with Gasteiger partial charge in [0.15, 0.2) is 6.35 Å². The Morgan fingerprint density at radius 2 is 2.06 bits per heavy atom. The van der Waals surface area contributed by atoms with Crippen LogP contribution in [0.15, 0.2) is 30.5 Å². The molecule has 0 bridgehead atoms. The number of nitrogens with zero attached hydrogens (tertiary/aromatic N) is 4. The Morgan fingerprint density at radius 3 is 2.84 bits per heavy atom. The van der Waals surface area contributed by atoms with E-state index in [9.17, 15) is 0 Å². The van der Waals surface area contributed by atoms with Crippen LogP contribution >= 0.6 is 11.6 Å². The second kappa shape index (κ2) is 8.06. The molecule has 5 rings (SSSR count). The number of fused-ring (bicyclic) bond motifs is 3. The summed E-state index contributed by atoms with van der Waals surface area (Å²) < 4.78 is 13.2. The lowest BCUT2D eigenvalue weighted by atomic mass is 9.82. The first-order chi connectivity index (χ1) is 15.1. The number of methoxy groups -OCH3 is 2. The summed E-state index contributed by atoms with van der Waals surface area (Å²) in [6.07, 6.45) is 4.07. The quantitative estimate of drug-likeness (QED) is 0.589. The zero-order valence-corrected chi connectivity index (χ0v) is 18.9. The van der Waals surface area contributed by atoms with Crippen LogP contribution < -0.4 is 10.1 Å². The molecule has 8 heteroatoms. The Labute approximate surface area is 187 Å². The number of aryl methyl sites for hydroxylation is 1. The molecule has 1 spiro atoms. The van der Waals surface area contributed by atoms with Crippen LogP contribution in [-0.2, 0) is 16.7 Å². The maximum atomic E-state index is 6.55. The second-order valence-electron chi connectivity index (χ2n) is 8.41. The van der Waals surface area contributed by atoms with E-state index in [0.29, 0.717) is 10.8 Å². The van der Waals surface area contributed by atoms with Crippen LogP contribution in [-0.4, -0.2) is 59.9 Å². The SMILES string of the molecule is CCNC(OC)N1CCC2(CCn3nc(-c4cnc5ccc(OC)c(Cl)c5c4)cc32)C1. The smallest absolute Gasteiger partial charge is 0.165 e. The molecule has 2 aliphatic heterocycles. The second-order valence-corrected chi connectivity index (χ2v) is 8.78. The fourth-order valence-electron chi connectivity index (χ4n) is 5.10. The zero-order valence-electron chi connectivity index (χ0n) is 18.2. The highest BCUT2D eigenvalue weighted by Crippen LogP contribution is 2.44. The molecule has 1 N–H and O–H groups in total. The van der Waals surface area contributed by atoms with Crippen molar-refractivity contribution in [3.63, 3.8) is 0 Å². The van der Waals surface area contributed by atoms with Gasteiger partial charge in [-0.05, 0) is 43.7 Å². The van der Waals surface area contributed by atoms with Crippen LogP contribution in [0.1, 0.15) is 25.5 Å². The number of likely N-dealkylation sites (tertiary alicyclic amines) is 1. The van der Waals surface area contributed by atoms with Gasteiger partial charge in [0.05, 0.1) is 23.3 Å². The molecular formula is C23H28ClN5O2. The monoisotopic (exact) mass is 441 g/mol. The van der Waals surface area contributed by atoms with Crippen LogP contribution in [0.5, 0.6) is 5.75 Å². The van der Waals surface area contributed by atoms with Crippen molar-refractivity contribution >= 4 is 22.5 Å². The first kappa shape index (κ1) is 20.7. The number of rotatable bonds is 6. The molecule has 2 aromatic heterocycles. The molecule has 2 unspecified atom stereocenters. The number of halogens is 1. The third kappa shape index (κ3) is 3.40. The van der Waals surface area contributed by atoms with E-state index in [0.717, 1.165) is 61.2 Å². The van der Waals surface area contributed by atoms with Crippen LogP contribution in [0.2, 0.25) is 5.02 Å². The number of pyridine rings is 1.